The largest absolute Gasteiger partial charge is 0.497 e. The first kappa shape index (κ1) is 17.8. The number of ether oxygens (including phenoxy) is 2. The maximum absolute atomic E-state index is 6.63. The van der Waals surface area contributed by atoms with Gasteiger partial charge in [-0.15, -0.1) is 0 Å². The molecule has 0 radical (unpaired) electrons. The number of hydrogen-bond donors (Lipinski definition) is 1. The molecule has 0 spiro atoms. The molecule has 1 rings (SSSR count). The number of nitrogens with two attached hydrogens (primary N) is 1. The monoisotopic (exact) mass is 294 g/mol. The van der Waals surface area contributed by atoms with E-state index in [2.05, 4.69) is 32.6 Å². The van der Waals surface area contributed by atoms with Crippen LogP contribution in [0, 0.1) is 0 Å². The van der Waals surface area contributed by atoms with E-state index in [9.17, 15) is 0 Å². The molecule has 0 bridgehead atoms. The van der Waals surface area contributed by atoms with Gasteiger partial charge >= 0.3 is 0 Å². The van der Waals surface area contributed by atoms with Crippen molar-refractivity contribution in [1.29, 1.82) is 0 Å². The van der Waals surface area contributed by atoms with Crippen LogP contribution >= 0.6 is 0 Å². The van der Waals surface area contributed by atoms with E-state index < -0.39 is 0 Å². The first-order valence-corrected chi connectivity index (χ1v) is 7.70. The van der Waals surface area contributed by atoms with Crippen LogP contribution in [-0.2, 0) is 0 Å². The van der Waals surface area contributed by atoms with E-state index in [4.69, 9.17) is 15.2 Å². The van der Waals surface area contributed by atoms with Crippen molar-refractivity contribution in [3.05, 3.63) is 23.8 Å². The lowest BCUT2D eigenvalue weighted by atomic mass is 9.83. The second kappa shape index (κ2) is 7.66. The van der Waals surface area contributed by atoms with Crippen molar-refractivity contribution in [2.45, 2.75) is 45.7 Å². The van der Waals surface area contributed by atoms with Gasteiger partial charge in [0.1, 0.15) is 11.5 Å². The van der Waals surface area contributed by atoms with E-state index in [1.165, 1.54) is 0 Å². The van der Waals surface area contributed by atoms with Crippen LogP contribution in [0.1, 0.15) is 45.7 Å². The smallest absolute Gasteiger partial charge is 0.122 e. The summed E-state index contributed by atoms with van der Waals surface area (Å²) in [6.07, 6.45) is 0.982. The van der Waals surface area contributed by atoms with Crippen LogP contribution in [-0.4, -0.2) is 37.7 Å². The Bertz CT molecular complexity index is 424. The fraction of sp³-hybridized carbons (Fsp3) is 0.647. The van der Waals surface area contributed by atoms with E-state index in [0.29, 0.717) is 0 Å². The summed E-state index contributed by atoms with van der Waals surface area (Å²) < 4.78 is 10.7. The molecular weight excluding hydrogens is 264 g/mol. The molecule has 2 N–H and O–H groups in total. The predicted molar refractivity (Wildman–Crippen MR) is 88.1 cm³/mol. The summed E-state index contributed by atoms with van der Waals surface area (Å²) in [5, 5.41) is 0. The third kappa shape index (κ3) is 3.69. The van der Waals surface area contributed by atoms with Gasteiger partial charge in [-0.3, -0.25) is 4.90 Å². The maximum Gasteiger partial charge on any atom is 0.122 e. The molecule has 0 amide bonds. The fourth-order valence-electron chi connectivity index (χ4n) is 2.95. The Kier molecular flexibility index (Phi) is 6.49. The second-order valence-corrected chi connectivity index (χ2v) is 5.51. The van der Waals surface area contributed by atoms with E-state index in [0.717, 1.165) is 36.6 Å². The Morgan fingerprint density at radius 2 is 1.52 bits per heavy atom. The van der Waals surface area contributed by atoms with Crippen LogP contribution in [0.5, 0.6) is 11.5 Å². The van der Waals surface area contributed by atoms with E-state index in [-0.39, 0.29) is 11.6 Å². The molecule has 0 aliphatic carbocycles. The number of methoxy groups -OCH3 is 2. The number of likely N-dealkylation sites (N-methyl/N-ethyl adjacent to an activating group) is 1. The van der Waals surface area contributed by atoms with E-state index in [1.807, 2.05) is 18.2 Å². The van der Waals surface area contributed by atoms with Crippen LogP contribution in [0.2, 0.25) is 0 Å². The Hall–Kier alpha value is -1.26. The first-order chi connectivity index (χ1) is 9.96. The number of hydrogen-bond acceptors (Lipinski definition) is 4. The summed E-state index contributed by atoms with van der Waals surface area (Å²) in [5.74, 6) is 1.55. The van der Waals surface area contributed by atoms with Gasteiger partial charge in [-0.05, 0) is 44.1 Å². The highest BCUT2D eigenvalue weighted by atomic mass is 16.5. The lowest BCUT2D eigenvalue weighted by Gasteiger charge is -2.44. The van der Waals surface area contributed by atoms with Gasteiger partial charge < -0.3 is 15.2 Å². The Labute approximate surface area is 129 Å². The van der Waals surface area contributed by atoms with Gasteiger partial charge in [0.15, 0.2) is 0 Å². The van der Waals surface area contributed by atoms with Gasteiger partial charge in [0.25, 0.3) is 0 Å². The Morgan fingerprint density at radius 1 is 1.05 bits per heavy atom. The average molecular weight is 294 g/mol. The molecule has 0 aliphatic rings. The molecule has 4 nitrogen and oxygen atoms in total. The van der Waals surface area contributed by atoms with Crippen LogP contribution in [0.15, 0.2) is 18.2 Å². The van der Waals surface area contributed by atoms with Crippen LogP contribution < -0.4 is 15.2 Å². The molecule has 0 fully saturated rings. The summed E-state index contributed by atoms with van der Waals surface area (Å²) in [6.45, 7) is 10.7. The highest BCUT2D eigenvalue weighted by Gasteiger charge is 2.36. The minimum Gasteiger partial charge on any atom is -0.497 e. The van der Waals surface area contributed by atoms with E-state index >= 15 is 0 Å². The summed E-state index contributed by atoms with van der Waals surface area (Å²) in [6, 6.07) is 5.78. The molecule has 0 heterocycles. The molecule has 4 heteroatoms. The molecule has 0 saturated carbocycles. The lowest BCUT2D eigenvalue weighted by Crippen LogP contribution is -2.52. The number of rotatable bonds is 8. The topological polar surface area (TPSA) is 47.7 Å². The van der Waals surface area contributed by atoms with Gasteiger partial charge in [-0.2, -0.15) is 0 Å². The van der Waals surface area contributed by atoms with Gasteiger partial charge in [-0.25, -0.2) is 0 Å². The third-order valence-corrected chi connectivity index (χ3v) is 4.60. The standard InChI is InChI=1S/C17H30N2O2/c1-7-17(4,19(8-2)9-3)16(18)13-10-14(20-5)12-15(11-13)21-6/h10-12,16H,7-9,18H2,1-6H3. The highest BCUT2D eigenvalue weighted by Crippen LogP contribution is 2.35. The summed E-state index contributed by atoms with van der Waals surface area (Å²) >= 11 is 0. The zero-order valence-corrected chi connectivity index (χ0v) is 14.3. The molecular formula is C17H30N2O2. The van der Waals surface area contributed by atoms with Crippen molar-refractivity contribution in [2.75, 3.05) is 27.3 Å². The Morgan fingerprint density at radius 3 is 1.86 bits per heavy atom. The van der Waals surface area contributed by atoms with E-state index in [1.54, 1.807) is 14.2 Å². The molecule has 1 aromatic rings. The normalized spacial score (nSPS) is 15.6. The quantitative estimate of drug-likeness (QED) is 0.800. The maximum atomic E-state index is 6.63. The molecule has 1 aromatic carbocycles. The van der Waals surface area contributed by atoms with Gasteiger partial charge in [0.2, 0.25) is 0 Å². The molecule has 0 aromatic heterocycles. The van der Waals surface area contributed by atoms with Crippen molar-refractivity contribution < 1.29 is 9.47 Å². The number of nitrogens with zero attached hydrogens (tertiary/aromatic N) is 1. The van der Waals surface area contributed by atoms with Crippen LogP contribution in [0.4, 0.5) is 0 Å². The summed E-state index contributed by atoms with van der Waals surface area (Å²) in [7, 11) is 3.32. The average Bonchev–Trinajstić information content (AvgIpc) is 2.54. The first-order valence-electron chi connectivity index (χ1n) is 7.70. The third-order valence-electron chi connectivity index (χ3n) is 4.60. The van der Waals surface area contributed by atoms with Gasteiger partial charge in [0.05, 0.1) is 14.2 Å². The highest BCUT2D eigenvalue weighted by molar-refractivity contribution is 5.40. The minimum atomic E-state index is -0.105. The second-order valence-electron chi connectivity index (χ2n) is 5.51. The summed E-state index contributed by atoms with van der Waals surface area (Å²) in [5.41, 5.74) is 7.58. The molecule has 2 atom stereocenters. The molecule has 120 valence electrons. The van der Waals surface area contributed by atoms with Crippen LogP contribution in [0.25, 0.3) is 0 Å². The summed E-state index contributed by atoms with van der Waals surface area (Å²) in [4.78, 5) is 2.42. The predicted octanol–water partition coefficient (Wildman–Crippen LogP) is 3.21. The zero-order chi connectivity index (χ0) is 16.0. The SMILES string of the molecule is CCN(CC)C(C)(CC)C(N)c1cc(OC)cc(OC)c1. The van der Waals surface area contributed by atoms with Crippen molar-refractivity contribution in [1.82, 2.24) is 4.90 Å². The Balaban J connectivity index is 3.23. The van der Waals surface area contributed by atoms with Crippen molar-refractivity contribution >= 4 is 0 Å². The van der Waals surface area contributed by atoms with Gasteiger partial charge in [0, 0.05) is 17.6 Å². The molecule has 0 aliphatic heterocycles. The molecule has 2 unspecified atom stereocenters. The van der Waals surface area contributed by atoms with Crippen molar-refractivity contribution in [3.8, 4) is 11.5 Å². The number of benzene rings is 1. The molecule has 0 saturated heterocycles. The zero-order valence-electron chi connectivity index (χ0n) is 14.3. The molecule has 21 heavy (non-hydrogen) atoms. The van der Waals surface area contributed by atoms with Gasteiger partial charge in [-0.1, -0.05) is 20.8 Å². The minimum absolute atomic E-state index is 0.0964. The fourth-order valence-corrected chi connectivity index (χ4v) is 2.95. The van der Waals surface area contributed by atoms with Crippen molar-refractivity contribution in [3.63, 3.8) is 0 Å². The lowest BCUT2D eigenvalue weighted by molar-refractivity contribution is 0.0843. The van der Waals surface area contributed by atoms with Crippen LogP contribution in [0.3, 0.4) is 0 Å². The van der Waals surface area contributed by atoms with Crippen molar-refractivity contribution in [2.24, 2.45) is 5.73 Å².